The molecule has 5 nitrogen and oxygen atoms in total. The number of para-hydroxylation sites is 1. The van der Waals surface area contributed by atoms with Crippen molar-refractivity contribution in [1.82, 2.24) is 0 Å². The number of nitrogens with one attached hydrogen (secondary N) is 1. The number of fused-ring (bicyclic) bond motifs is 1. The molecule has 4 rings (SSSR count). The molecular weight excluding hydrogens is 411 g/mol. The van der Waals surface area contributed by atoms with Crippen LogP contribution in [0.2, 0.25) is 10.0 Å². The summed E-state index contributed by atoms with van der Waals surface area (Å²) in [6.07, 6.45) is 3.13. The van der Waals surface area contributed by atoms with Gasteiger partial charge in [0.1, 0.15) is 0 Å². The molecule has 3 amide bonds. The predicted molar refractivity (Wildman–Crippen MR) is 113 cm³/mol. The lowest BCUT2D eigenvalue weighted by Crippen LogP contribution is -2.33. The van der Waals surface area contributed by atoms with E-state index in [0.717, 1.165) is 5.57 Å². The first-order valence-electron chi connectivity index (χ1n) is 9.25. The Hall–Kier alpha value is -2.63. The second kappa shape index (κ2) is 7.65. The smallest absolute Gasteiger partial charge is 0.257 e. The minimum absolute atomic E-state index is 0.226. The fourth-order valence-corrected chi connectivity index (χ4v) is 4.37. The second-order valence-electron chi connectivity index (χ2n) is 7.31. The number of hydrogen-bond acceptors (Lipinski definition) is 3. The Morgan fingerprint density at radius 1 is 1.07 bits per heavy atom. The maximum absolute atomic E-state index is 13.0. The van der Waals surface area contributed by atoms with Crippen molar-refractivity contribution < 1.29 is 14.4 Å². The normalized spacial score (nSPS) is 21.1. The molecular formula is C22H18Cl2N2O3. The molecule has 0 aromatic heterocycles. The molecule has 1 aliphatic heterocycles. The Labute approximate surface area is 178 Å². The number of carbonyl (C=O) groups is 3. The van der Waals surface area contributed by atoms with Gasteiger partial charge in [0, 0.05) is 5.02 Å². The van der Waals surface area contributed by atoms with E-state index < -0.39 is 5.91 Å². The largest absolute Gasteiger partial charge is 0.321 e. The van der Waals surface area contributed by atoms with Gasteiger partial charge in [-0.05, 0) is 50.1 Å². The van der Waals surface area contributed by atoms with Crippen LogP contribution in [0.5, 0.6) is 0 Å². The van der Waals surface area contributed by atoms with Gasteiger partial charge >= 0.3 is 0 Å². The Morgan fingerprint density at radius 3 is 2.55 bits per heavy atom. The van der Waals surface area contributed by atoms with Crippen molar-refractivity contribution in [3.8, 4) is 0 Å². The summed E-state index contributed by atoms with van der Waals surface area (Å²) in [5.74, 6) is -1.71. The number of amides is 3. The SMILES string of the molecule is CC1=CC[C@H]2C(=O)N(c3ccccc3C(=O)Nc3ccc(Cl)cc3Cl)C(=O)[C@H]2C1. The van der Waals surface area contributed by atoms with Gasteiger partial charge in [0.25, 0.3) is 5.91 Å². The summed E-state index contributed by atoms with van der Waals surface area (Å²) in [5, 5.41) is 3.48. The molecule has 1 fully saturated rings. The van der Waals surface area contributed by atoms with Crippen LogP contribution in [0, 0.1) is 11.8 Å². The van der Waals surface area contributed by atoms with Gasteiger partial charge in [-0.25, -0.2) is 4.90 Å². The molecule has 0 bridgehead atoms. The Morgan fingerprint density at radius 2 is 1.79 bits per heavy atom. The van der Waals surface area contributed by atoms with Crippen LogP contribution in [0.25, 0.3) is 0 Å². The van der Waals surface area contributed by atoms with Crippen molar-refractivity contribution in [1.29, 1.82) is 0 Å². The number of benzene rings is 2. The van der Waals surface area contributed by atoms with Gasteiger partial charge in [-0.15, -0.1) is 0 Å². The summed E-state index contributed by atoms with van der Waals surface area (Å²) in [5.41, 5.74) is 2.02. The number of anilines is 2. The summed E-state index contributed by atoms with van der Waals surface area (Å²) < 4.78 is 0. The molecule has 29 heavy (non-hydrogen) atoms. The molecule has 2 aromatic carbocycles. The first-order valence-corrected chi connectivity index (χ1v) is 10.0. The molecule has 1 saturated heterocycles. The summed E-state index contributed by atoms with van der Waals surface area (Å²) in [6, 6.07) is 11.3. The van der Waals surface area contributed by atoms with Crippen LogP contribution >= 0.6 is 23.2 Å². The van der Waals surface area contributed by atoms with E-state index in [1.165, 1.54) is 11.0 Å². The number of halogens is 2. The number of nitrogens with zero attached hydrogens (tertiary/aromatic N) is 1. The first kappa shape index (κ1) is 19.7. The monoisotopic (exact) mass is 428 g/mol. The highest BCUT2D eigenvalue weighted by Crippen LogP contribution is 2.40. The Kier molecular flexibility index (Phi) is 5.19. The van der Waals surface area contributed by atoms with Gasteiger partial charge in [-0.1, -0.05) is 47.0 Å². The lowest BCUT2D eigenvalue weighted by Gasteiger charge is -2.19. The number of rotatable bonds is 3. The zero-order valence-electron chi connectivity index (χ0n) is 15.6. The number of hydrogen-bond donors (Lipinski definition) is 1. The van der Waals surface area contributed by atoms with Gasteiger partial charge in [0.2, 0.25) is 11.8 Å². The molecule has 0 saturated carbocycles. The molecule has 7 heteroatoms. The van der Waals surface area contributed by atoms with Gasteiger partial charge in [0.05, 0.1) is 33.8 Å². The molecule has 2 atom stereocenters. The number of allylic oxidation sites excluding steroid dienone is 2. The highest BCUT2D eigenvalue weighted by molar-refractivity contribution is 6.37. The Balaban J connectivity index is 1.66. The van der Waals surface area contributed by atoms with Crippen LogP contribution in [0.15, 0.2) is 54.1 Å². The highest BCUT2D eigenvalue weighted by Gasteiger charge is 2.49. The summed E-state index contributed by atoms with van der Waals surface area (Å²) in [6.45, 7) is 1.97. The lowest BCUT2D eigenvalue weighted by atomic mass is 9.82. The van der Waals surface area contributed by atoms with E-state index >= 15 is 0 Å². The maximum atomic E-state index is 13.0. The van der Waals surface area contributed by atoms with Crippen LogP contribution < -0.4 is 10.2 Å². The predicted octanol–water partition coefficient (Wildman–Crippen LogP) is 5.09. The van der Waals surface area contributed by atoms with Crippen LogP contribution in [0.1, 0.15) is 30.1 Å². The van der Waals surface area contributed by atoms with Crippen LogP contribution in [0.4, 0.5) is 11.4 Å². The van der Waals surface area contributed by atoms with Gasteiger partial charge < -0.3 is 5.32 Å². The first-order chi connectivity index (χ1) is 13.9. The van der Waals surface area contributed by atoms with E-state index in [1.54, 1.807) is 36.4 Å². The highest BCUT2D eigenvalue weighted by atomic mass is 35.5. The average molecular weight is 429 g/mol. The molecule has 2 aliphatic rings. The quantitative estimate of drug-likeness (QED) is 0.546. The lowest BCUT2D eigenvalue weighted by molar-refractivity contribution is -0.122. The van der Waals surface area contributed by atoms with Crippen molar-refractivity contribution in [3.05, 3.63) is 69.7 Å². The third-order valence-electron chi connectivity index (χ3n) is 5.39. The summed E-state index contributed by atoms with van der Waals surface area (Å²) in [7, 11) is 0. The van der Waals surface area contributed by atoms with E-state index in [-0.39, 0.29) is 34.9 Å². The summed E-state index contributed by atoms with van der Waals surface area (Å²) in [4.78, 5) is 40.1. The van der Waals surface area contributed by atoms with E-state index in [4.69, 9.17) is 23.2 Å². The minimum Gasteiger partial charge on any atom is -0.321 e. The van der Waals surface area contributed by atoms with Crippen molar-refractivity contribution in [2.75, 3.05) is 10.2 Å². The van der Waals surface area contributed by atoms with E-state index in [1.807, 2.05) is 13.0 Å². The van der Waals surface area contributed by atoms with Crippen molar-refractivity contribution in [3.63, 3.8) is 0 Å². The Bertz CT molecular complexity index is 1060. The molecule has 0 radical (unpaired) electrons. The zero-order valence-corrected chi connectivity index (χ0v) is 17.1. The molecule has 2 aromatic rings. The van der Waals surface area contributed by atoms with E-state index in [0.29, 0.717) is 28.6 Å². The van der Waals surface area contributed by atoms with Gasteiger partial charge in [-0.3, -0.25) is 14.4 Å². The van der Waals surface area contributed by atoms with Crippen molar-refractivity contribution in [2.45, 2.75) is 19.8 Å². The molecule has 1 N–H and O–H groups in total. The maximum Gasteiger partial charge on any atom is 0.257 e. The molecule has 1 heterocycles. The third kappa shape index (κ3) is 3.56. The fourth-order valence-electron chi connectivity index (χ4n) is 3.92. The number of imide groups is 1. The van der Waals surface area contributed by atoms with Crippen LogP contribution in [-0.2, 0) is 9.59 Å². The zero-order chi connectivity index (χ0) is 20.7. The van der Waals surface area contributed by atoms with Gasteiger partial charge in [-0.2, -0.15) is 0 Å². The summed E-state index contributed by atoms with van der Waals surface area (Å²) >= 11 is 12.0. The third-order valence-corrected chi connectivity index (χ3v) is 5.94. The van der Waals surface area contributed by atoms with Crippen molar-refractivity contribution in [2.24, 2.45) is 11.8 Å². The molecule has 148 valence electrons. The standard InChI is InChI=1S/C22H18Cl2N2O3/c1-12-6-8-14-16(10-12)22(29)26(21(14)28)19-5-3-2-4-15(19)20(27)25-18-9-7-13(23)11-17(18)24/h2-7,9,11,14,16H,8,10H2,1H3,(H,25,27)/t14-,16+/m1/s1. The number of carbonyl (C=O) groups excluding carboxylic acids is 3. The second-order valence-corrected chi connectivity index (χ2v) is 8.15. The molecule has 1 aliphatic carbocycles. The minimum atomic E-state index is -0.463. The fraction of sp³-hybridized carbons (Fsp3) is 0.227. The molecule has 0 spiro atoms. The molecule has 0 unspecified atom stereocenters. The van der Waals surface area contributed by atoms with E-state index in [2.05, 4.69) is 5.32 Å². The van der Waals surface area contributed by atoms with Gasteiger partial charge in [0.15, 0.2) is 0 Å². The average Bonchev–Trinajstić information content (AvgIpc) is 2.94. The van der Waals surface area contributed by atoms with E-state index in [9.17, 15) is 14.4 Å². The van der Waals surface area contributed by atoms with Crippen LogP contribution in [0.3, 0.4) is 0 Å². The topological polar surface area (TPSA) is 66.5 Å². The van der Waals surface area contributed by atoms with Crippen LogP contribution in [-0.4, -0.2) is 17.7 Å². The van der Waals surface area contributed by atoms with Crippen molar-refractivity contribution >= 4 is 52.3 Å².